The molecule has 1 rings (SSSR count). The zero-order valence-electron chi connectivity index (χ0n) is 6.32. The van der Waals surface area contributed by atoms with Crippen molar-refractivity contribution in [3.63, 3.8) is 0 Å². The molecule has 1 aliphatic rings. The van der Waals surface area contributed by atoms with Gasteiger partial charge in [-0.25, -0.2) is 0 Å². The van der Waals surface area contributed by atoms with Crippen LogP contribution in [0.4, 0.5) is 0 Å². The van der Waals surface area contributed by atoms with Crippen molar-refractivity contribution in [3.8, 4) is 0 Å². The highest BCUT2D eigenvalue weighted by atomic mass is 32.2. The second-order valence-corrected chi connectivity index (χ2v) is 3.67. The molecule has 62 valence electrons. The number of rotatable bonds is 3. The van der Waals surface area contributed by atoms with E-state index in [1.165, 1.54) is 0 Å². The monoisotopic (exact) mass is 172 g/mol. The molecule has 11 heavy (non-hydrogen) atoms. The second-order valence-electron chi connectivity index (χ2n) is 2.64. The van der Waals surface area contributed by atoms with Crippen LogP contribution < -0.4 is 0 Å². The Balaban J connectivity index is 2.20. The number of Topliss-reactive ketones (excluding diaryl/α,β-unsaturated/α-hetero) is 1. The number of hydrogen-bond acceptors (Lipinski definition) is 3. The normalized spacial score (nSPS) is 25.1. The summed E-state index contributed by atoms with van der Waals surface area (Å²) in [5, 5.41) is 8.34. The summed E-state index contributed by atoms with van der Waals surface area (Å²) in [4.78, 5) is 11.1. The van der Waals surface area contributed by atoms with E-state index in [1.54, 1.807) is 17.8 Å². The number of allylic oxidation sites excluding steroid dienone is 1. The first-order valence-corrected chi connectivity index (χ1v) is 4.89. The zero-order chi connectivity index (χ0) is 8.10. The van der Waals surface area contributed by atoms with Crippen LogP contribution in [-0.4, -0.2) is 22.4 Å². The van der Waals surface area contributed by atoms with Gasteiger partial charge in [0.25, 0.3) is 0 Å². The lowest BCUT2D eigenvalue weighted by molar-refractivity contribution is -0.119. The predicted molar refractivity (Wildman–Crippen MR) is 46.8 cm³/mol. The van der Waals surface area contributed by atoms with Gasteiger partial charge in [-0.3, -0.25) is 4.79 Å². The van der Waals surface area contributed by atoms with Crippen molar-refractivity contribution in [2.75, 3.05) is 11.5 Å². The summed E-state index contributed by atoms with van der Waals surface area (Å²) in [5.74, 6) is 2.28. The Labute approximate surface area is 70.7 Å². The third-order valence-corrected chi connectivity index (χ3v) is 2.93. The number of ketones is 1. The summed E-state index contributed by atoms with van der Waals surface area (Å²) in [5.41, 5.74) is 0. The fourth-order valence-corrected chi connectivity index (χ4v) is 2.32. The molecule has 1 heterocycles. The standard InChI is InChI=1S/C8H12O2S/c9-4-2-1-3-7-5-11-6-8(7)10/h2,4,7,9H,1,3,5-6H2/b4-2+. The first kappa shape index (κ1) is 8.65. The zero-order valence-corrected chi connectivity index (χ0v) is 7.14. The van der Waals surface area contributed by atoms with Gasteiger partial charge in [0.05, 0.1) is 12.0 Å². The third kappa shape index (κ3) is 2.58. The molecule has 1 N–H and O–H groups in total. The van der Waals surface area contributed by atoms with E-state index in [2.05, 4.69) is 0 Å². The van der Waals surface area contributed by atoms with E-state index in [0.29, 0.717) is 11.5 Å². The van der Waals surface area contributed by atoms with Crippen LogP contribution in [0.25, 0.3) is 0 Å². The molecular weight excluding hydrogens is 160 g/mol. The van der Waals surface area contributed by atoms with E-state index < -0.39 is 0 Å². The average Bonchev–Trinajstić information content (AvgIpc) is 2.37. The molecule has 0 aromatic carbocycles. The molecule has 1 aliphatic heterocycles. The van der Waals surface area contributed by atoms with Crippen molar-refractivity contribution in [1.29, 1.82) is 0 Å². The molecule has 0 aromatic heterocycles. The van der Waals surface area contributed by atoms with Crippen molar-refractivity contribution in [1.82, 2.24) is 0 Å². The molecule has 1 unspecified atom stereocenters. The molecule has 3 heteroatoms. The Hall–Kier alpha value is -0.440. The SMILES string of the molecule is O=C1CSCC1CC/C=C/O. The molecule has 0 bridgehead atoms. The van der Waals surface area contributed by atoms with E-state index in [-0.39, 0.29) is 5.92 Å². The smallest absolute Gasteiger partial charge is 0.146 e. The summed E-state index contributed by atoms with van der Waals surface area (Å²) in [6, 6.07) is 0. The summed E-state index contributed by atoms with van der Waals surface area (Å²) >= 11 is 1.71. The van der Waals surface area contributed by atoms with E-state index in [1.807, 2.05) is 0 Å². The van der Waals surface area contributed by atoms with Gasteiger partial charge < -0.3 is 5.11 Å². The summed E-state index contributed by atoms with van der Waals surface area (Å²) in [7, 11) is 0. The van der Waals surface area contributed by atoms with Gasteiger partial charge in [0, 0.05) is 11.7 Å². The maximum Gasteiger partial charge on any atom is 0.146 e. The summed E-state index contributed by atoms with van der Waals surface area (Å²) < 4.78 is 0. The molecule has 0 spiro atoms. The van der Waals surface area contributed by atoms with Crippen LogP contribution >= 0.6 is 11.8 Å². The number of carbonyl (C=O) groups excluding carboxylic acids is 1. The van der Waals surface area contributed by atoms with Gasteiger partial charge in [0.15, 0.2) is 0 Å². The molecule has 0 aromatic rings. The van der Waals surface area contributed by atoms with Gasteiger partial charge in [-0.05, 0) is 12.8 Å². The molecule has 1 atom stereocenters. The van der Waals surface area contributed by atoms with Crippen LogP contribution in [0.5, 0.6) is 0 Å². The van der Waals surface area contributed by atoms with Gasteiger partial charge in [-0.1, -0.05) is 6.08 Å². The van der Waals surface area contributed by atoms with Crippen LogP contribution in [0.1, 0.15) is 12.8 Å². The van der Waals surface area contributed by atoms with Crippen molar-refractivity contribution in [2.45, 2.75) is 12.8 Å². The highest BCUT2D eigenvalue weighted by Gasteiger charge is 2.23. The molecule has 0 saturated carbocycles. The second kappa shape index (κ2) is 4.44. The van der Waals surface area contributed by atoms with Gasteiger partial charge in [-0.15, -0.1) is 0 Å². The van der Waals surface area contributed by atoms with E-state index in [0.717, 1.165) is 24.9 Å². The maximum atomic E-state index is 11.1. The minimum Gasteiger partial charge on any atom is -0.516 e. The lowest BCUT2D eigenvalue weighted by Gasteiger charge is -2.02. The third-order valence-electron chi connectivity index (χ3n) is 1.81. The van der Waals surface area contributed by atoms with Crippen LogP contribution in [0.15, 0.2) is 12.3 Å². The van der Waals surface area contributed by atoms with E-state index >= 15 is 0 Å². The highest BCUT2D eigenvalue weighted by Crippen LogP contribution is 2.23. The quantitative estimate of drug-likeness (QED) is 0.659. The number of thioether (sulfide) groups is 1. The number of hydrogen-bond donors (Lipinski definition) is 1. The fraction of sp³-hybridized carbons (Fsp3) is 0.625. The Kier molecular flexibility index (Phi) is 3.49. The van der Waals surface area contributed by atoms with Crippen molar-refractivity contribution in [2.24, 2.45) is 5.92 Å². The number of aliphatic hydroxyl groups excluding tert-OH is 1. The van der Waals surface area contributed by atoms with E-state index in [4.69, 9.17) is 5.11 Å². The molecule has 2 nitrogen and oxygen atoms in total. The van der Waals surface area contributed by atoms with Gasteiger partial charge in [0.2, 0.25) is 0 Å². The minimum atomic E-state index is 0.246. The van der Waals surface area contributed by atoms with Crippen LogP contribution in [0.3, 0.4) is 0 Å². The van der Waals surface area contributed by atoms with Crippen LogP contribution in [0.2, 0.25) is 0 Å². The molecule has 1 saturated heterocycles. The highest BCUT2D eigenvalue weighted by molar-refractivity contribution is 8.00. The molecule has 1 fully saturated rings. The Morgan fingerprint density at radius 3 is 3.09 bits per heavy atom. The predicted octanol–water partition coefficient (Wildman–Crippen LogP) is 1.77. The van der Waals surface area contributed by atoms with Crippen molar-refractivity contribution in [3.05, 3.63) is 12.3 Å². The van der Waals surface area contributed by atoms with Crippen molar-refractivity contribution < 1.29 is 9.90 Å². The van der Waals surface area contributed by atoms with E-state index in [9.17, 15) is 4.79 Å². The van der Waals surface area contributed by atoms with Crippen molar-refractivity contribution >= 4 is 17.5 Å². The summed E-state index contributed by atoms with van der Waals surface area (Å²) in [6.07, 6.45) is 4.44. The molecular formula is C8H12O2S. The van der Waals surface area contributed by atoms with Gasteiger partial charge in [-0.2, -0.15) is 11.8 Å². The molecule has 0 radical (unpaired) electrons. The lowest BCUT2D eigenvalue weighted by Crippen LogP contribution is -2.10. The maximum absolute atomic E-state index is 11.1. The fourth-order valence-electron chi connectivity index (χ4n) is 1.13. The lowest BCUT2D eigenvalue weighted by atomic mass is 10.0. The average molecular weight is 172 g/mol. The molecule has 0 amide bonds. The Bertz CT molecular complexity index is 165. The largest absolute Gasteiger partial charge is 0.516 e. The topological polar surface area (TPSA) is 37.3 Å². The Morgan fingerprint density at radius 1 is 1.73 bits per heavy atom. The first-order chi connectivity index (χ1) is 5.34. The minimum absolute atomic E-state index is 0.246. The number of aliphatic hydroxyl groups is 1. The van der Waals surface area contributed by atoms with Gasteiger partial charge >= 0.3 is 0 Å². The number of carbonyl (C=O) groups is 1. The Morgan fingerprint density at radius 2 is 2.55 bits per heavy atom. The van der Waals surface area contributed by atoms with Crippen LogP contribution in [0, 0.1) is 5.92 Å². The molecule has 0 aliphatic carbocycles. The van der Waals surface area contributed by atoms with Crippen LogP contribution in [-0.2, 0) is 4.79 Å². The summed E-state index contributed by atoms with van der Waals surface area (Å²) in [6.45, 7) is 0. The van der Waals surface area contributed by atoms with Gasteiger partial charge in [0.1, 0.15) is 5.78 Å². The first-order valence-electron chi connectivity index (χ1n) is 3.74.